The van der Waals surface area contributed by atoms with Crippen LogP contribution in [0.15, 0.2) is 35.5 Å². The number of carbonyl (C=O) groups is 1. The average Bonchev–Trinajstić information content (AvgIpc) is 3.20. The molecule has 1 N–H and O–H groups in total. The Morgan fingerprint density at radius 3 is 2.74 bits per heavy atom. The van der Waals surface area contributed by atoms with Crippen LogP contribution in [0, 0.1) is 0 Å². The number of thioether (sulfide) groups is 1. The Balaban J connectivity index is 1.49. The zero-order chi connectivity index (χ0) is 18.9. The van der Waals surface area contributed by atoms with Crippen molar-refractivity contribution in [1.29, 1.82) is 0 Å². The molecule has 0 spiro atoms. The lowest BCUT2D eigenvalue weighted by molar-refractivity contribution is -0.119. The van der Waals surface area contributed by atoms with Gasteiger partial charge in [-0.3, -0.25) is 9.36 Å². The molecule has 8 heteroatoms. The summed E-state index contributed by atoms with van der Waals surface area (Å²) in [4.78, 5) is 17.1. The summed E-state index contributed by atoms with van der Waals surface area (Å²) >= 11 is 1.42. The van der Waals surface area contributed by atoms with Crippen molar-refractivity contribution in [3.8, 4) is 5.69 Å². The van der Waals surface area contributed by atoms with E-state index in [1.807, 2.05) is 18.2 Å². The number of aryl methyl sites for hydroxylation is 1. The topological polar surface area (TPSA) is 81.1 Å². The lowest BCUT2D eigenvalue weighted by Gasteiger charge is -2.15. The lowest BCUT2D eigenvalue weighted by Crippen LogP contribution is -2.36. The molecule has 1 saturated heterocycles. The number of hydrogen-bond donors (Lipinski definition) is 1. The van der Waals surface area contributed by atoms with Gasteiger partial charge in [-0.05, 0) is 44.2 Å². The molecule has 2 heterocycles. The number of para-hydroxylation sites is 1. The van der Waals surface area contributed by atoms with Crippen molar-refractivity contribution >= 4 is 27.5 Å². The van der Waals surface area contributed by atoms with Gasteiger partial charge in [-0.2, -0.15) is 0 Å². The molecule has 4 rings (SSSR count). The maximum absolute atomic E-state index is 12.3. The van der Waals surface area contributed by atoms with Crippen LogP contribution in [-0.2, 0) is 27.5 Å². The minimum absolute atomic E-state index is 0.0519. The van der Waals surface area contributed by atoms with Crippen LogP contribution in [0.4, 0.5) is 0 Å². The summed E-state index contributed by atoms with van der Waals surface area (Å²) in [5.41, 5.74) is 3.45. The number of fused-ring (bicyclic) bond motifs is 1. The van der Waals surface area contributed by atoms with Crippen molar-refractivity contribution in [2.24, 2.45) is 0 Å². The van der Waals surface area contributed by atoms with Gasteiger partial charge in [0.15, 0.2) is 15.0 Å². The van der Waals surface area contributed by atoms with Crippen LogP contribution < -0.4 is 5.32 Å². The van der Waals surface area contributed by atoms with Crippen molar-refractivity contribution in [3.05, 3.63) is 41.7 Å². The molecule has 144 valence electrons. The number of nitrogens with zero attached hydrogens (tertiary/aromatic N) is 2. The number of imidazole rings is 1. The van der Waals surface area contributed by atoms with Crippen LogP contribution in [0.5, 0.6) is 0 Å². The van der Waals surface area contributed by atoms with Crippen molar-refractivity contribution in [1.82, 2.24) is 14.9 Å². The number of rotatable bonds is 5. The number of benzene rings is 1. The highest BCUT2D eigenvalue weighted by molar-refractivity contribution is 7.99. The van der Waals surface area contributed by atoms with Crippen LogP contribution >= 0.6 is 11.8 Å². The summed E-state index contributed by atoms with van der Waals surface area (Å²) in [5, 5.41) is 3.69. The highest BCUT2D eigenvalue weighted by Crippen LogP contribution is 2.30. The average molecular weight is 406 g/mol. The van der Waals surface area contributed by atoms with Crippen LogP contribution in [0.2, 0.25) is 0 Å². The molecule has 1 aliphatic heterocycles. The van der Waals surface area contributed by atoms with E-state index in [0.717, 1.165) is 42.2 Å². The van der Waals surface area contributed by atoms with Crippen molar-refractivity contribution in [2.75, 3.05) is 17.3 Å². The fraction of sp³-hybridized carbons (Fsp3) is 0.474. The van der Waals surface area contributed by atoms with E-state index in [1.165, 1.54) is 17.5 Å². The molecule has 0 radical (unpaired) electrons. The van der Waals surface area contributed by atoms with Gasteiger partial charge in [0.2, 0.25) is 5.91 Å². The monoisotopic (exact) mass is 405 g/mol. The smallest absolute Gasteiger partial charge is 0.230 e. The van der Waals surface area contributed by atoms with E-state index >= 15 is 0 Å². The molecular weight excluding hydrogens is 382 g/mol. The zero-order valence-electron chi connectivity index (χ0n) is 15.1. The van der Waals surface area contributed by atoms with Crippen molar-refractivity contribution in [3.63, 3.8) is 0 Å². The normalized spacial score (nSPS) is 21.0. The first-order valence-electron chi connectivity index (χ1n) is 9.30. The first-order valence-corrected chi connectivity index (χ1v) is 12.1. The molecule has 0 bridgehead atoms. The number of aromatic nitrogens is 2. The van der Waals surface area contributed by atoms with E-state index in [9.17, 15) is 13.2 Å². The van der Waals surface area contributed by atoms with E-state index < -0.39 is 9.84 Å². The second kappa shape index (κ2) is 7.67. The Morgan fingerprint density at radius 1 is 1.22 bits per heavy atom. The van der Waals surface area contributed by atoms with Crippen molar-refractivity contribution in [2.45, 2.75) is 43.3 Å². The van der Waals surface area contributed by atoms with E-state index in [-0.39, 0.29) is 29.2 Å². The van der Waals surface area contributed by atoms with Crippen LogP contribution in [0.3, 0.4) is 0 Å². The van der Waals surface area contributed by atoms with Gasteiger partial charge in [-0.25, -0.2) is 13.4 Å². The summed E-state index contributed by atoms with van der Waals surface area (Å²) in [7, 11) is -2.99. The van der Waals surface area contributed by atoms with E-state index in [2.05, 4.69) is 22.0 Å². The number of sulfone groups is 1. The second-order valence-electron chi connectivity index (χ2n) is 7.12. The predicted molar refractivity (Wildman–Crippen MR) is 106 cm³/mol. The van der Waals surface area contributed by atoms with Gasteiger partial charge < -0.3 is 5.32 Å². The Morgan fingerprint density at radius 2 is 2.00 bits per heavy atom. The number of carbonyl (C=O) groups excluding carboxylic acids is 1. The van der Waals surface area contributed by atoms with Gasteiger partial charge in [0.25, 0.3) is 0 Å². The van der Waals surface area contributed by atoms with Gasteiger partial charge in [0, 0.05) is 17.4 Å². The molecule has 2 aliphatic rings. The first kappa shape index (κ1) is 18.6. The molecule has 27 heavy (non-hydrogen) atoms. The number of amides is 1. The van der Waals surface area contributed by atoms with Gasteiger partial charge >= 0.3 is 0 Å². The highest BCUT2D eigenvalue weighted by Gasteiger charge is 2.29. The van der Waals surface area contributed by atoms with E-state index in [1.54, 1.807) is 0 Å². The summed E-state index contributed by atoms with van der Waals surface area (Å²) in [6.45, 7) is 0. The minimum Gasteiger partial charge on any atom is -0.352 e. The third-order valence-electron chi connectivity index (χ3n) is 5.05. The molecule has 1 aromatic heterocycles. The van der Waals surface area contributed by atoms with Crippen LogP contribution in [0.25, 0.3) is 5.69 Å². The molecule has 1 amide bonds. The molecular formula is C19H23N3O3S2. The first-order chi connectivity index (χ1) is 13.0. The summed E-state index contributed by atoms with van der Waals surface area (Å²) in [5.74, 6) is 0.314. The van der Waals surface area contributed by atoms with Crippen molar-refractivity contribution < 1.29 is 13.2 Å². The number of nitrogens with one attached hydrogen (secondary N) is 1. The van der Waals surface area contributed by atoms with E-state index in [4.69, 9.17) is 4.98 Å². The molecule has 1 unspecified atom stereocenters. The molecule has 0 saturated carbocycles. The molecule has 2 aromatic rings. The SMILES string of the molecule is O=C(CSc1nc2c(n1-c1ccccc1)CCCC2)NC1CCS(=O)(=O)C1. The fourth-order valence-corrected chi connectivity index (χ4v) is 6.30. The third kappa shape index (κ3) is 4.21. The highest BCUT2D eigenvalue weighted by atomic mass is 32.2. The lowest BCUT2D eigenvalue weighted by atomic mass is 10.0. The van der Waals surface area contributed by atoms with E-state index in [0.29, 0.717) is 6.42 Å². The maximum Gasteiger partial charge on any atom is 0.230 e. The summed E-state index contributed by atoms with van der Waals surface area (Å²) < 4.78 is 25.3. The predicted octanol–water partition coefficient (Wildman–Crippen LogP) is 2.15. The molecule has 1 atom stereocenters. The summed E-state index contributed by atoms with van der Waals surface area (Å²) in [6, 6.07) is 9.86. The molecule has 1 aliphatic carbocycles. The summed E-state index contributed by atoms with van der Waals surface area (Å²) in [6.07, 6.45) is 4.80. The van der Waals surface area contributed by atoms with Crippen LogP contribution in [-0.4, -0.2) is 47.2 Å². The molecule has 1 fully saturated rings. The van der Waals surface area contributed by atoms with Gasteiger partial charge in [-0.15, -0.1) is 0 Å². The zero-order valence-corrected chi connectivity index (χ0v) is 16.7. The fourth-order valence-electron chi connectivity index (χ4n) is 3.76. The van der Waals surface area contributed by atoms with Gasteiger partial charge in [-0.1, -0.05) is 30.0 Å². The second-order valence-corrected chi connectivity index (χ2v) is 10.3. The molecule has 1 aromatic carbocycles. The maximum atomic E-state index is 12.3. The van der Waals surface area contributed by atoms with Gasteiger partial charge in [0.05, 0.1) is 23.0 Å². The number of hydrogen-bond acceptors (Lipinski definition) is 5. The Hall–Kier alpha value is -1.80. The Bertz CT molecular complexity index is 939. The molecule has 6 nitrogen and oxygen atoms in total. The largest absolute Gasteiger partial charge is 0.352 e. The Labute approximate surface area is 163 Å². The van der Waals surface area contributed by atoms with Crippen LogP contribution in [0.1, 0.15) is 30.7 Å². The quantitative estimate of drug-likeness (QED) is 0.771. The third-order valence-corrected chi connectivity index (χ3v) is 7.75. The Kier molecular flexibility index (Phi) is 5.27. The standard InChI is InChI=1S/C19H23N3O3S2/c23-18(20-14-10-11-27(24,25)13-14)12-26-19-21-16-8-4-5-9-17(16)22(19)15-6-2-1-3-7-15/h1-3,6-7,14H,4-5,8-13H2,(H,20,23). The van der Waals surface area contributed by atoms with Gasteiger partial charge in [0.1, 0.15) is 0 Å². The minimum atomic E-state index is -2.99.